The molecule has 1 aromatic heterocycles. The molecule has 1 amide bonds. The number of carbonyl (C=O) groups is 1. The summed E-state index contributed by atoms with van der Waals surface area (Å²) < 4.78 is 5.52. The van der Waals surface area contributed by atoms with Crippen LogP contribution >= 0.6 is 11.8 Å². The summed E-state index contributed by atoms with van der Waals surface area (Å²) in [4.78, 5) is 24.6. The smallest absolute Gasteiger partial charge is 0.277 e. The summed E-state index contributed by atoms with van der Waals surface area (Å²) in [6.45, 7) is 2.86. The minimum atomic E-state index is -0.478. The van der Waals surface area contributed by atoms with Crippen LogP contribution in [0.3, 0.4) is 0 Å². The first-order valence-electron chi connectivity index (χ1n) is 8.05. The predicted molar refractivity (Wildman–Crippen MR) is 92.1 cm³/mol. The number of carbonyl (C=O) groups excluding carboxylic acids is 1. The third-order valence-electron chi connectivity index (χ3n) is 4.15. The second kappa shape index (κ2) is 7.64. The Morgan fingerprint density at radius 1 is 1.44 bits per heavy atom. The van der Waals surface area contributed by atoms with Crippen molar-refractivity contribution >= 4 is 23.4 Å². The third kappa shape index (κ3) is 4.16. The van der Waals surface area contributed by atoms with Crippen LogP contribution < -0.4 is 0 Å². The van der Waals surface area contributed by atoms with E-state index in [9.17, 15) is 14.9 Å². The monoisotopic (exact) mass is 362 g/mol. The summed E-state index contributed by atoms with van der Waals surface area (Å²) in [5.74, 6) is 0.498. The zero-order chi connectivity index (χ0) is 17.8. The number of thioether (sulfide) groups is 1. The molecule has 1 atom stereocenters. The Kier molecular flexibility index (Phi) is 5.32. The molecule has 1 saturated heterocycles. The van der Waals surface area contributed by atoms with Gasteiger partial charge in [-0.05, 0) is 32.3 Å². The van der Waals surface area contributed by atoms with Crippen molar-refractivity contribution in [2.24, 2.45) is 0 Å². The van der Waals surface area contributed by atoms with E-state index >= 15 is 0 Å². The zero-order valence-electron chi connectivity index (χ0n) is 13.8. The number of nitrogens with zero attached hydrogens (tertiary/aromatic N) is 4. The summed E-state index contributed by atoms with van der Waals surface area (Å²) >= 11 is 1.18. The molecule has 1 aromatic carbocycles. The van der Waals surface area contributed by atoms with Crippen molar-refractivity contribution < 1.29 is 14.1 Å². The molecular formula is C16H18N4O4S. The van der Waals surface area contributed by atoms with Crippen molar-refractivity contribution in [3.63, 3.8) is 0 Å². The number of benzene rings is 1. The topological polar surface area (TPSA) is 102 Å². The van der Waals surface area contributed by atoms with Gasteiger partial charge in [-0.2, -0.15) is 0 Å². The van der Waals surface area contributed by atoms with Gasteiger partial charge >= 0.3 is 0 Å². The minimum Gasteiger partial charge on any atom is -0.411 e. The van der Waals surface area contributed by atoms with Gasteiger partial charge in [0.15, 0.2) is 0 Å². The Balaban J connectivity index is 1.63. The fourth-order valence-electron chi connectivity index (χ4n) is 2.81. The van der Waals surface area contributed by atoms with E-state index in [0.717, 1.165) is 25.8 Å². The fourth-order valence-corrected chi connectivity index (χ4v) is 3.46. The number of non-ortho nitro benzene ring substituents is 1. The van der Waals surface area contributed by atoms with Crippen LogP contribution in [0.15, 0.2) is 33.9 Å². The van der Waals surface area contributed by atoms with E-state index in [1.54, 1.807) is 12.1 Å². The van der Waals surface area contributed by atoms with Gasteiger partial charge in [0.2, 0.25) is 11.8 Å². The van der Waals surface area contributed by atoms with Crippen LogP contribution in [0.1, 0.15) is 26.2 Å². The summed E-state index contributed by atoms with van der Waals surface area (Å²) in [6, 6.07) is 6.27. The molecule has 0 unspecified atom stereocenters. The Bertz CT molecular complexity index is 779. The molecule has 2 heterocycles. The Morgan fingerprint density at radius 2 is 2.28 bits per heavy atom. The van der Waals surface area contributed by atoms with Crippen LogP contribution in [0.4, 0.5) is 5.69 Å². The van der Waals surface area contributed by atoms with Crippen LogP contribution in [0.5, 0.6) is 0 Å². The van der Waals surface area contributed by atoms with Gasteiger partial charge in [-0.1, -0.05) is 17.8 Å². The van der Waals surface area contributed by atoms with E-state index in [4.69, 9.17) is 4.42 Å². The average molecular weight is 362 g/mol. The Hall–Kier alpha value is -2.42. The second-order valence-electron chi connectivity index (χ2n) is 5.90. The molecule has 132 valence electrons. The Morgan fingerprint density at radius 3 is 3.04 bits per heavy atom. The van der Waals surface area contributed by atoms with Crippen LogP contribution in [-0.2, 0) is 4.79 Å². The standard InChI is InChI=1S/C16H18N4O4S/c1-11-5-2-3-8-19(11)14(21)10-25-16-18-17-15(24-16)12-6-4-7-13(9-12)20(22)23/h4,6-7,9,11H,2-3,5,8,10H2,1H3/t11-/m1/s1. The van der Waals surface area contributed by atoms with Gasteiger partial charge in [0.25, 0.3) is 10.9 Å². The van der Waals surface area contributed by atoms with Gasteiger partial charge in [0.1, 0.15) is 0 Å². The lowest BCUT2D eigenvalue weighted by atomic mass is 10.0. The number of aromatic nitrogens is 2. The van der Waals surface area contributed by atoms with Gasteiger partial charge in [-0.15, -0.1) is 10.2 Å². The molecule has 0 saturated carbocycles. The van der Waals surface area contributed by atoms with Crippen LogP contribution in [-0.4, -0.2) is 44.3 Å². The average Bonchev–Trinajstić information content (AvgIpc) is 3.09. The molecule has 8 nitrogen and oxygen atoms in total. The van der Waals surface area contributed by atoms with E-state index in [0.29, 0.717) is 5.56 Å². The molecule has 1 fully saturated rings. The number of rotatable bonds is 5. The van der Waals surface area contributed by atoms with E-state index in [1.165, 1.54) is 23.9 Å². The number of hydrogen-bond acceptors (Lipinski definition) is 7. The number of nitro groups is 1. The first-order chi connectivity index (χ1) is 12.0. The highest BCUT2D eigenvalue weighted by Crippen LogP contribution is 2.26. The molecule has 0 spiro atoms. The number of likely N-dealkylation sites (tertiary alicyclic amines) is 1. The minimum absolute atomic E-state index is 0.0424. The van der Waals surface area contributed by atoms with Gasteiger partial charge < -0.3 is 9.32 Å². The first kappa shape index (κ1) is 17.4. The molecule has 2 aromatic rings. The molecular weight excluding hydrogens is 344 g/mol. The molecule has 0 radical (unpaired) electrons. The van der Waals surface area contributed by atoms with E-state index in [2.05, 4.69) is 17.1 Å². The van der Waals surface area contributed by atoms with E-state index in [1.807, 2.05) is 4.90 Å². The van der Waals surface area contributed by atoms with Gasteiger partial charge in [0, 0.05) is 30.3 Å². The van der Waals surface area contributed by atoms with Crippen molar-refractivity contribution in [3.05, 3.63) is 34.4 Å². The number of nitro benzene ring substituents is 1. The number of hydrogen-bond donors (Lipinski definition) is 0. The largest absolute Gasteiger partial charge is 0.411 e. The molecule has 3 rings (SSSR count). The summed E-state index contributed by atoms with van der Waals surface area (Å²) in [6.07, 6.45) is 3.24. The summed E-state index contributed by atoms with van der Waals surface area (Å²) in [5.41, 5.74) is 0.434. The second-order valence-corrected chi connectivity index (χ2v) is 6.83. The SMILES string of the molecule is C[C@@H]1CCCCN1C(=O)CSc1nnc(-c2cccc([N+](=O)[O-])c2)o1. The summed E-state index contributed by atoms with van der Waals surface area (Å²) in [5, 5.41) is 18.9. The van der Waals surface area contributed by atoms with Crippen molar-refractivity contribution in [2.75, 3.05) is 12.3 Å². The molecule has 9 heteroatoms. The lowest BCUT2D eigenvalue weighted by Gasteiger charge is -2.33. The predicted octanol–water partition coefficient (Wildman–Crippen LogP) is 3.14. The van der Waals surface area contributed by atoms with Crippen LogP contribution in [0, 0.1) is 10.1 Å². The zero-order valence-corrected chi connectivity index (χ0v) is 14.6. The number of amides is 1. The fraction of sp³-hybridized carbons (Fsp3) is 0.438. The molecule has 25 heavy (non-hydrogen) atoms. The van der Waals surface area contributed by atoms with Crippen LogP contribution in [0.25, 0.3) is 11.5 Å². The maximum absolute atomic E-state index is 12.3. The molecule has 0 bridgehead atoms. The van der Waals surface area contributed by atoms with Gasteiger partial charge in [-0.3, -0.25) is 14.9 Å². The molecule has 0 N–H and O–H groups in total. The van der Waals surface area contributed by atoms with E-state index in [-0.39, 0.29) is 34.5 Å². The molecule has 1 aliphatic heterocycles. The number of piperidine rings is 1. The first-order valence-corrected chi connectivity index (χ1v) is 9.04. The molecule has 0 aliphatic carbocycles. The van der Waals surface area contributed by atoms with Crippen molar-refractivity contribution in [1.82, 2.24) is 15.1 Å². The Labute approximate surface area is 148 Å². The van der Waals surface area contributed by atoms with Crippen molar-refractivity contribution in [2.45, 2.75) is 37.5 Å². The highest BCUT2D eigenvalue weighted by atomic mass is 32.2. The maximum atomic E-state index is 12.3. The van der Waals surface area contributed by atoms with Gasteiger partial charge in [-0.25, -0.2) is 0 Å². The summed E-state index contributed by atoms with van der Waals surface area (Å²) in [7, 11) is 0. The maximum Gasteiger partial charge on any atom is 0.277 e. The third-order valence-corrected chi connectivity index (χ3v) is 4.96. The van der Waals surface area contributed by atoms with Gasteiger partial charge in [0.05, 0.1) is 10.7 Å². The lowest BCUT2D eigenvalue weighted by Crippen LogP contribution is -2.42. The lowest BCUT2D eigenvalue weighted by molar-refractivity contribution is -0.384. The van der Waals surface area contributed by atoms with E-state index < -0.39 is 4.92 Å². The molecule has 1 aliphatic rings. The normalized spacial score (nSPS) is 17.5. The highest BCUT2D eigenvalue weighted by molar-refractivity contribution is 7.99. The quantitative estimate of drug-likeness (QED) is 0.457. The van der Waals surface area contributed by atoms with Crippen molar-refractivity contribution in [1.29, 1.82) is 0 Å². The highest BCUT2D eigenvalue weighted by Gasteiger charge is 2.23. The van der Waals surface area contributed by atoms with Crippen LogP contribution in [0.2, 0.25) is 0 Å². The van der Waals surface area contributed by atoms with Crippen molar-refractivity contribution in [3.8, 4) is 11.5 Å².